The summed E-state index contributed by atoms with van der Waals surface area (Å²) in [4.78, 5) is 22.4. The summed E-state index contributed by atoms with van der Waals surface area (Å²) in [7, 11) is 0. The number of halogens is 1. The van der Waals surface area contributed by atoms with Crippen molar-refractivity contribution >= 4 is 28.9 Å². The highest BCUT2D eigenvalue weighted by Gasteiger charge is 2.21. The van der Waals surface area contributed by atoms with E-state index >= 15 is 0 Å². The molecule has 0 aliphatic rings. The van der Waals surface area contributed by atoms with E-state index in [1.165, 1.54) is 0 Å². The van der Waals surface area contributed by atoms with Crippen molar-refractivity contribution in [2.24, 2.45) is 0 Å². The minimum atomic E-state index is -0.431. The number of carbonyl (C=O) groups is 1. The largest absolute Gasteiger partial charge is 0.326 e. The van der Waals surface area contributed by atoms with Crippen molar-refractivity contribution in [3.8, 4) is 0 Å². The molecule has 23 heavy (non-hydrogen) atoms. The first-order valence-electron chi connectivity index (χ1n) is 7.12. The lowest BCUT2D eigenvalue weighted by Gasteiger charge is -2.06. The van der Waals surface area contributed by atoms with Crippen molar-refractivity contribution in [3.63, 3.8) is 0 Å². The topological polar surface area (TPSA) is 90.1 Å². The molecule has 1 aromatic carbocycles. The molecule has 0 saturated carbocycles. The molecule has 2 rings (SSSR count). The van der Waals surface area contributed by atoms with E-state index in [1.54, 1.807) is 42.8 Å². The molecule has 122 valence electrons. The fourth-order valence-corrected chi connectivity index (χ4v) is 2.54. The Kier molecular flexibility index (Phi) is 5.33. The van der Waals surface area contributed by atoms with Gasteiger partial charge < -0.3 is 5.32 Å². The van der Waals surface area contributed by atoms with Gasteiger partial charge in [-0.1, -0.05) is 17.7 Å². The molecule has 0 fully saturated rings. The minimum absolute atomic E-state index is 0.0355. The number of anilines is 1. The number of nitro groups is 1. The maximum absolute atomic E-state index is 11.9. The number of carbonyl (C=O) groups excluding carboxylic acids is 1. The Morgan fingerprint density at radius 3 is 2.78 bits per heavy atom. The summed E-state index contributed by atoms with van der Waals surface area (Å²) in [6.45, 7) is 3.71. The van der Waals surface area contributed by atoms with E-state index in [-0.39, 0.29) is 11.6 Å². The van der Waals surface area contributed by atoms with Crippen LogP contribution in [-0.4, -0.2) is 20.6 Å². The average molecular weight is 337 g/mol. The molecule has 0 atom stereocenters. The molecule has 0 unspecified atom stereocenters. The Labute approximate surface area is 138 Å². The molecule has 1 aromatic heterocycles. The van der Waals surface area contributed by atoms with Gasteiger partial charge in [-0.3, -0.25) is 19.6 Å². The molecule has 7 nitrogen and oxygen atoms in total. The van der Waals surface area contributed by atoms with Crippen molar-refractivity contribution in [3.05, 3.63) is 50.8 Å². The predicted molar refractivity (Wildman–Crippen MR) is 87.7 cm³/mol. The maximum atomic E-state index is 11.9. The lowest BCUT2D eigenvalue weighted by molar-refractivity contribution is -0.386. The van der Waals surface area contributed by atoms with Crippen LogP contribution in [0.25, 0.3) is 0 Å². The van der Waals surface area contributed by atoms with E-state index < -0.39 is 4.92 Å². The van der Waals surface area contributed by atoms with E-state index in [0.29, 0.717) is 41.5 Å². The number of aryl methyl sites for hydroxylation is 2. The zero-order valence-corrected chi connectivity index (χ0v) is 13.6. The molecular weight excluding hydrogens is 320 g/mol. The van der Waals surface area contributed by atoms with E-state index in [9.17, 15) is 14.9 Å². The summed E-state index contributed by atoms with van der Waals surface area (Å²) < 4.78 is 1.57. The minimum Gasteiger partial charge on any atom is -0.326 e. The average Bonchev–Trinajstić information content (AvgIpc) is 2.73. The monoisotopic (exact) mass is 336 g/mol. The second-order valence-corrected chi connectivity index (χ2v) is 5.60. The third-order valence-corrected chi connectivity index (χ3v) is 3.64. The molecule has 1 amide bonds. The van der Waals surface area contributed by atoms with Gasteiger partial charge in [0.25, 0.3) is 0 Å². The number of hydrogen-bond acceptors (Lipinski definition) is 4. The Morgan fingerprint density at radius 1 is 1.43 bits per heavy atom. The lowest BCUT2D eigenvalue weighted by atomic mass is 10.2. The summed E-state index contributed by atoms with van der Waals surface area (Å²) in [5.74, 6) is -0.136. The van der Waals surface area contributed by atoms with Crippen molar-refractivity contribution in [2.45, 2.75) is 33.2 Å². The zero-order chi connectivity index (χ0) is 17.0. The number of amides is 1. The van der Waals surface area contributed by atoms with Crippen LogP contribution in [0.5, 0.6) is 0 Å². The molecule has 2 aromatic rings. The lowest BCUT2D eigenvalue weighted by Crippen LogP contribution is -2.13. The van der Waals surface area contributed by atoms with Crippen molar-refractivity contribution in [1.29, 1.82) is 0 Å². The van der Waals surface area contributed by atoms with Crippen molar-refractivity contribution in [2.75, 3.05) is 5.32 Å². The van der Waals surface area contributed by atoms with Crippen LogP contribution in [0, 0.1) is 24.0 Å². The standard InChI is InChI=1S/C15H17ClN4O3/c1-10-15(20(22)23)11(2)19(18-10)8-4-7-14(21)17-13-6-3-5-12(16)9-13/h3,5-6,9H,4,7-8H2,1-2H3,(H,17,21). The molecule has 0 saturated heterocycles. The number of nitrogens with zero attached hydrogens (tertiary/aromatic N) is 3. The highest BCUT2D eigenvalue weighted by molar-refractivity contribution is 6.30. The normalized spacial score (nSPS) is 10.6. The summed E-state index contributed by atoms with van der Waals surface area (Å²) in [5.41, 5.74) is 1.57. The summed E-state index contributed by atoms with van der Waals surface area (Å²) in [5, 5.41) is 18.4. The molecule has 8 heteroatoms. The number of rotatable bonds is 6. The van der Waals surface area contributed by atoms with Crippen LogP contribution < -0.4 is 5.32 Å². The van der Waals surface area contributed by atoms with Crippen LogP contribution in [0.1, 0.15) is 24.2 Å². The van der Waals surface area contributed by atoms with Gasteiger partial charge >= 0.3 is 5.69 Å². The van der Waals surface area contributed by atoms with E-state index in [1.807, 2.05) is 0 Å². The third kappa shape index (κ3) is 4.29. The quantitative estimate of drug-likeness (QED) is 0.646. The second-order valence-electron chi connectivity index (χ2n) is 5.16. The van der Waals surface area contributed by atoms with Crippen molar-refractivity contribution < 1.29 is 9.72 Å². The summed E-state index contributed by atoms with van der Waals surface area (Å²) in [6.07, 6.45) is 0.824. The van der Waals surface area contributed by atoms with Gasteiger partial charge in [0.1, 0.15) is 11.4 Å². The predicted octanol–water partition coefficient (Wildman–Crippen LogP) is 3.48. The van der Waals surface area contributed by atoms with Crippen LogP contribution >= 0.6 is 11.6 Å². The summed E-state index contributed by atoms with van der Waals surface area (Å²) >= 11 is 5.85. The Balaban J connectivity index is 1.89. The maximum Gasteiger partial charge on any atom is 0.312 e. The Morgan fingerprint density at radius 2 is 2.17 bits per heavy atom. The number of hydrogen-bond donors (Lipinski definition) is 1. The Hall–Kier alpha value is -2.41. The molecule has 0 aliphatic heterocycles. The third-order valence-electron chi connectivity index (χ3n) is 3.41. The number of nitrogens with one attached hydrogen (secondary N) is 1. The summed E-state index contributed by atoms with van der Waals surface area (Å²) in [6, 6.07) is 6.91. The first kappa shape index (κ1) is 17.0. The number of aromatic nitrogens is 2. The smallest absolute Gasteiger partial charge is 0.312 e. The van der Waals surface area contributed by atoms with E-state index in [0.717, 1.165) is 0 Å². The fraction of sp³-hybridized carbons (Fsp3) is 0.333. The first-order valence-corrected chi connectivity index (χ1v) is 7.50. The highest BCUT2D eigenvalue weighted by Crippen LogP contribution is 2.22. The van der Waals surface area contributed by atoms with Crippen molar-refractivity contribution in [1.82, 2.24) is 9.78 Å². The second kappa shape index (κ2) is 7.23. The Bertz CT molecular complexity index is 742. The molecule has 0 aliphatic carbocycles. The van der Waals surface area contributed by atoms with Crippen LogP contribution in [0.3, 0.4) is 0 Å². The fourth-order valence-electron chi connectivity index (χ4n) is 2.35. The first-order chi connectivity index (χ1) is 10.9. The van der Waals surface area contributed by atoms with Crippen LogP contribution in [-0.2, 0) is 11.3 Å². The van der Waals surface area contributed by atoms with E-state index in [4.69, 9.17) is 11.6 Å². The van der Waals surface area contributed by atoms with Gasteiger partial charge in [-0.2, -0.15) is 5.10 Å². The van der Waals surface area contributed by atoms with Gasteiger partial charge in [0.15, 0.2) is 0 Å². The van der Waals surface area contributed by atoms with E-state index in [2.05, 4.69) is 10.4 Å². The molecule has 1 N–H and O–H groups in total. The van der Waals surface area contributed by atoms with Crippen LogP contribution in [0.4, 0.5) is 11.4 Å². The van der Waals surface area contributed by atoms with Gasteiger partial charge in [-0.05, 0) is 38.5 Å². The van der Waals surface area contributed by atoms with Gasteiger partial charge in [0, 0.05) is 23.7 Å². The van der Waals surface area contributed by atoms with Gasteiger partial charge in [-0.25, -0.2) is 0 Å². The SMILES string of the molecule is Cc1nn(CCCC(=O)Nc2cccc(Cl)c2)c(C)c1[N+](=O)[O-]. The zero-order valence-electron chi connectivity index (χ0n) is 12.9. The van der Waals surface area contributed by atoms with Gasteiger partial charge in [-0.15, -0.1) is 0 Å². The van der Waals surface area contributed by atoms with Gasteiger partial charge in [0.2, 0.25) is 5.91 Å². The molecule has 0 bridgehead atoms. The molecule has 0 spiro atoms. The number of benzene rings is 1. The molecular formula is C15H17ClN4O3. The van der Waals surface area contributed by atoms with Crippen LogP contribution in [0.15, 0.2) is 24.3 Å². The highest BCUT2D eigenvalue weighted by atomic mass is 35.5. The molecule has 1 heterocycles. The van der Waals surface area contributed by atoms with Crippen LogP contribution in [0.2, 0.25) is 5.02 Å². The molecule has 0 radical (unpaired) electrons. The van der Waals surface area contributed by atoms with Gasteiger partial charge in [0.05, 0.1) is 4.92 Å².